The number of fused-ring (bicyclic) bond motifs is 4. The fraction of sp³-hybridized carbons (Fsp3) is 1.00. The SMILES string of the molecule is CCC1C[C@@H](C)[C@H]2C(O1)[C@H](O)[C@@]1(C)C3CC[C@H]4C(C)(C)C(O)CCC45CC35CCC21C. The summed E-state index contributed by atoms with van der Waals surface area (Å²) in [5, 5.41) is 22.9. The van der Waals surface area contributed by atoms with E-state index < -0.39 is 0 Å². The molecule has 1 heterocycles. The minimum absolute atomic E-state index is 0.0240. The molecule has 0 aromatic heterocycles. The lowest BCUT2D eigenvalue weighted by molar-refractivity contribution is -0.182. The second-order valence-corrected chi connectivity index (χ2v) is 14.1. The Morgan fingerprint density at radius 1 is 0.903 bits per heavy atom. The summed E-state index contributed by atoms with van der Waals surface area (Å²) in [5.41, 5.74) is 0.985. The number of rotatable bonds is 1. The first-order valence-electron chi connectivity index (χ1n) is 13.5. The highest BCUT2D eigenvalue weighted by atomic mass is 16.5. The highest BCUT2D eigenvalue weighted by Gasteiger charge is 2.84. The van der Waals surface area contributed by atoms with E-state index in [2.05, 4.69) is 41.5 Å². The van der Waals surface area contributed by atoms with Crippen molar-refractivity contribution in [2.45, 2.75) is 124 Å². The van der Waals surface area contributed by atoms with Crippen LogP contribution < -0.4 is 0 Å². The van der Waals surface area contributed by atoms with Gasteiger partial charge in [0.15, 0.2) is 0 Å². The van der Waals surface area contributed by atoms with Crippen molar-refractivity contribution in [3.8, 4) is 0 Å². The number of hydrogen-bond donors (Lipinski definition) is 2. The summed E-state index contributed by atoms with van der Waals surface area (Å²) in [4.78, 5) is 0. The second-order valence-electron chi connectivity index (χ2n) is 14.1. The molecule has 6 fully saturated rings. The average molecular weight is 431 g/mol. The molecule has 176 valence electrons. The van der Waals surface area contributed by atoms with Gasteiger partial charge in [0.2, 0.25) is 0 Å². The molecule has 1 aliphatic heterocycles. The molecule has 0 amide bonds. The molecular formula is C28H46O3. The van der Waals surface area contributed by atoms with E-state index in [0.29, 0.717) is 40.6 Å². The van der Waals surface area contributed by atoms with Gasteiger partial charge in [-0.25, -0.2) is 0 Å². The topological polar surface area (TPSA) is 49.7 Å². The largest absolute Gasteiger partial charge is 0.393 e. The van der Waals surface area contributed by atoms with Crippen molar-refractivity contribution in [3.05, 3.63) is 0 Å². The van der Waals surface area contributed by atoms with Crippen LogP contribution in [0.3, 0.4) is 0 Å². The maximum absolute atomic E-state index is 12.0. The normalized spacial score (nSPS) is 63.9. The first-order chi connectivity index (χ1) is 14.5. The lowest BCUT2D eigenvalue weighted by Crippen LogP contribution is -2.59. The lowest BCUT2D eigenvalue weighted by atomic mass is 9.41. The Bertz CT molecular complexity index is 778. The molecule has 1 saturated heterocycles. The fourth-order valence-corrected chi connectivity index (χ4v) is 11.7. The van der Waals surface area contributed by atoms with E-state index >= 15 is 0 Å². The minimum Gasteiger partial charge on any atom is -0.393 e. The van der Waals surface area contributed by atoms with Crippen LogP contribution in [0.25, 0.3) is 0 Å². The molecule has 0 radical (unpaired) electrons. The summed E-state index contributed by atoms with van der Waals surface area (Å²) in [5.74, 6) is 2.38. The summed E-state index contributed by atoms with van der Waals surface area (Å²) >= 11 is 0. The smallest absolute Gasteiger partial charge is 0.0879 e. The molecule has 2 N–H and O–H groups in total. The van der Waals surface area contributed by atoms with E-state index in [1.54, 1.807) is 0 Å². The maximum Gasteiger partial charge on any atom is 0.0879 e. The first-order valence-corrected chi connectivity index (χ1v) is 13.5. The van der Waals surface area contributed by atoms with Crippen LogP contribution in [0.1, 0.15) is 99.3 Å². The molecule has 31 heavy (non-hydrogen) atoms. The van der Waals surface area contributed by atoms with Gasteiger partial charge < -0.3 is 14.9 Å². The van der Waals surface area contributed by atoms with Gasteiger partial charge in [-0.05, 0) is 103 Å². The highest BCUT2D eigenvalue weighted by Crippen LogP contribution is 2.89. The van der Waals surface area contributed by atoms with Crippen LogP contribution in [0, 0.1) is 50.7 Å². The first kappa shape index (κ1) is 21.4. The standard InChI is InChI=1S/C28H46O3/c1-7-17-14-16(2)21-22(31-17)23(30)26(6)19-9-8-18-24(3,4)20(29)10-11-27(18)15-28(19,27)13-12-25(21,26)5/h16-23,29-30H,7-15H2,1-6H3/t16-,17?,18+,19?,20?,21+,22?,23+,25?,26-,27?,28?/m1/s1. The molecule has 12 atom stereocenters. The molecule has 5 saturated carbocycles. The quantitative estimate of drug-likeness (QED) is 0.572. The van der Waals surface area contributed by atoms with Crippen molar-refractivity contribution in [2.24, 2.45) is 50.7 Å². The summed E-state index contributed by atoms with van der Waals surface area (Å²) < 4.78 is 6.66. The van der Waals surface area contributed by atoms with Crippen LogP contribution in [-0.2, 0) is 4.74 Å². The molecular weight excluding hydrogens is 384 g/mol. The third kappa shape index (κ3) is 2.15. The van der Waals surface area contributed by atoms with Crippen LogP contribution in [0.2, 0.25) is 0 Å². The van der Waals surface area contributed by atoms with Gasteiger partial charge in [-0.2, -0.15) is 0 Å². The molecule has 5 aliphatic carbocycles. The number of hydrogen-bond acceptors (Lipinski definition) is 3. The monoisotopic (exact) mass is 430 g/mol. The maximum atomic E-state index is 12.0. The summed E-state index contributed by atoms with van der Waals surface area (Å²) in [6, 6.07) is 0. The van der Waals surface area contributed by atoms with Gasteiger partial charge in [-0.3, -0.25) is 0 Å². The summed E-state index contributed by atoms with van der Waals surface area (Å²) in [6.07, 6.45) is 10.7. The Morgan fingerprint density at radius 2 is 1.58 bits per heavy atom. The van der Waals surface area contributed by atoms with Gasteiger partial charge in [-0.15, -0.1) is 0 Å². The molecule has 0 bridgehead atoms. The average Bonchev–Trinajstić information content (AvgIpc) is 3.36. The van der Waals surface area contributed by atoms with Gasteiger partial charge in [0, 0.05) is 5.41 Å². The van der Waals surface area contributed by atoms with E-state index in [9.17, 15) is 10.2 Å². The third-order valence-electron chi connectivity index (χ3n) is 13.3. The van der Waals surface area contributed by atoms with Crippen LogP contribution >= 0.6 is 0 Å². The van der Waals surface area contributed by atoms with Crippen molar-refractivity contribution in [1.82, 2.24) is 0 Å². The van der Waals surface area contributed by atoms with Crippen molar-refractivity contribution >= 4 is 0 Å². The Balaban J connectivity index is 1.41. The number of aliphatic hydroxyl groups is 2. The van der Waals surface area contributed by atoms with E-state index in [1.807, 2.05) is 0 Å². The van der Waals surface area contributed by atoms with E-state index in [4.69, 9.17) is 4.74 Å². The van der Waals surface area contributed by atoms with Crippen LogP contribution in [0.4, 0.5) is 0 Å². The van der Waals surface area contributed by atoms with Crippen LogP contribution in [0.5, 0.6) is 0 Å². The summed E-state index contributed by atoms with van der Waals surface area (Å²) in [7, 11) is 0. The third-order valence-corrected chi connectivity index (χ3v) is 13.3. The molecule has 0 aromatic rings. The molecule has 0 aromatic carbocycles. The summed E-state index contributed by atoms with van der Waals surface area (Å²) in [6.45, 7) is 14.4. The van der Waals surface area contributed by atoms with Gasteiger partial charge in [-0.1, -0.05) is 41.5 Å². The van der Waals surface area contributed by atoms with Crippen molar-refractivity contribution < 1.29 is 14.9 Å². The van der Waals surface area contributed by atoms with Crippen molar-refractivity contribution in [2.75, 3.05) is 0 Å². The van der Waals surface area contributed by atoms with E-state index in [-0.39, 0.29) is 34.6 Å². The Kier molecular flexibility index (Phi) is 4.22. The zero-order chi connectivity index (χ0) is 22.2. The molecule has 3 nitrogen and oxygen atoms in total. The van der Waals surface area contributed by atoms with Crippen molar-refractivity contribution in [3.63, 3.8) is 0 Å². The molecule has 7 unspecified atom stereocenters. The van der Waals surface area contributed by atoms with Gasteiger partial charge in [0.05, 0.1) is 24.4 Å². The van der Waals surface area contributed by atoms with Gasteiger partial charge in [0.1, 0.15) is 0 Å². The molecule has 6 aliphatic rings. The Labute approximate surface area is 189 Å². The van der Waals surface area contributed by atoms with E-state index in [0.717, 1.165) is 19.3 Å². The zero-order valence-corrected chi connectivity index (χ0v) is 20.8. The number of ether oxygens (including phenoxy) is 1. The van der Waals surface area contributed by atoms with Gasteiger partial charge >= 0.3 is 0 Å². The molecule has 6 rings (SSSR count). The van der Waals surface area contributed by atoms with Gasteiger partial charge in [0.25, 0.3) is 0 Å². The highest BCUT2D eigenvalue weighted by molar-refractivity contribution is 5.32. The van der Waals surface area contributed by atoms with Crippen molar-refractivity contribution in [1.29, 1.82) is 0 Å². The lowest BCUT2D eigenvalue weighted by Gasteiger charge is -2.63. The zero-order valence-electron chi connectivity index (χ0n) is 20.8. The Morgan fingerprint density at radius 3 is 2.29 bits per heavy atom. The predicted molar refractivity (Wildman–Crippen MR) is 122 cm³/mol. The fourth-order valence-electron chi connectivity index (χ4n) is 11.7. The second kappa shape index (κ2) is 6.11. The van der Waals surface area contributed by atoms with Crippen LogP contribution in [0.15, 0.2) is 0 Å². The Hall–Kier alpha value is -0.120. The number of aliphatic hydroxyl groups excluding tert-OH is 2. The van der Waals surface area contributed by atoms with Crippen LogP contribution in [-0.4, -0.2) is 34.6 Å². The van der Waals surface area contributed by atoms with E-state index in [1.165, 1.54) is 38.5 Å². The molecule has 3 heteroatoms. The predicted octanol–water partition coefficient (Wildman–Crippen LogP) is 5.57. The molecule has 2 spiro atoms. The minimum atomic E-state index is -0.335.